The molecule has 2 aliphatic heterocycles. The molecule has 1 aromatic carbocycles. The van der Waals surface area contributed by atoms with Crippen LogP contribution < -0.4 is 0 Å². The molecule has 0 spiro atoms. The Bertz CT molecular complexity index is 1400. The number of hydrogen-bond acceptors (Lipinski definition) is 6. The Morgan fingerprint density at radius 1 is 1.03 bits per heavy atom. The lowest BCUT2D eigenvalue weighted by molar-refractivity contribution is -0.138. The molecule has 2 aromatic heterocycles. The molecule has 3 atom stereocenters. The second-order valence-electron chi connectivity index (χ2n) is 10.1. The third-order valence-corrected chi connectivity index (χ3v) is 9.06. The number of ketones is 1. The molecular formula is C28H30N4O4S. The van der Waals surface area contributed by atoms with Crippen LogP contribution in [0.4, 0.5) is 0 Å². The van der Waals surface area contributed by atoms with Crippen molar-refractivity contribution in [1.29, 1.82) is 0 Å². The summed E-state index contributed by atoms with van der Waals surface area (Å²) in [5.74, 6) is -0.546. The van der Waals surface area contributed by atoms with Gasteiger partial charge in [0.05, 0.1) is 18.5 Å². The van der Waals surface area contributed by atoms with Crippen LogP contribution in [0.2, 0.25) is 0 Å². The summed E-state index contributed by atoms with van der Waals surface area (Å²) in [5, 5.41) is 0. The van der Waals surface area contributed by atoms with E-state index in [2.05, 4.69) is 23.8 Å². The average molecular weight is 519 g/mol. The highest BCUT2D eigenvalue weighted by atomic mass is 32.2. The molecule has 37 heavy (non-hydrogen) atoms. The summed E-state index contributed by atoms with van der Waals surface area (Å²) in [6.07, 6.45) is 7.32. The molecule has 1 amide bonds. The van der Waals surface area contributed by atoms with E-state index < -0.39 is 28.0 Å². The first-order chi connectivity index (χ1) is 17.8. The molecule has 5 rings (SSSR count). The lowest BCUT2D eigenvalue weighted by Gasteiger charge is -2.29. The predicted molar refractivity (Wildman–Crippen MR) is 139 cm³/mol. The van der Waals surface area contributed by atoms with Crippen LogP contribution in [0.25, 0.3) is 11.1 Å². The average Bonchev–Trinajstić information content (AvgIpc) is 3.49. The zero-order valence-corrected chi connectivity index (χ0v) is 21.7. The lowest BCUT2D eigenvalue weighted by Crippen LogP contribution is -2.45. The van der Waals surface area contributed by atoms with Crippen LogP contribution in [0.5, 0.6) is 0 Å². The Morgan fingerprint density at radius 2 is 1.81 bits per heavy atom. The fourth-order valence-electron chi connectivity index (χ4n) is 5.51. The minimum Gasteiger partial charge on any atom is -0.330 e. The van der Waals surface area contributed by atoms with Gasteiger partial charge >= 0.3 is 0 Å². The molecule has 8 nitrogen and oxygen atoms in total. The van der Waals surface area contributed by atoms with Gasteiger partial charge in [0, 0.05) is 31.3 Å². The fraction of sp³-hybridized carbons (Fsp3) is 0.357. The number of carbonyl (C=O) groups is 2. The third-order valence-electron chi connectivity index (χ3n) is 7.21. The molecule has 0 radical (unpaired) electrons. The van der Waals surface area contributed by atoms with Crippen molar-refractivity contribution in [3.63, 3.8) is 0 Å². The van der Waals surface area contributed by atoms with Crippen molar-refractivity contribution in [3.8, 4) is 11.1 Å². The Labute approximate surface area is 217 Å². The number of carbonyl (C=O) groups excluding carboxylic acids is 2. The van der Waals surface area contributed by atoms with Gasteiger partial charge in [0.2, 0.25) is 15.9 Å². The number of Topliss-reactive ketones (excluding diaryl/α,β-unsaturated/α-hetero) is 1. The SMILES string of the molecule is CC(C)CC(C(=O)N1CCC2C1C(=O)CN2S(=O)(=O)c1cccnc1)c1cccc(-c2ccncc2)c1. The molecule has 2 fully saturated rings. The van der Waals surface area contributed by atoms with E-state index in [1.54, 1.807) is 23.4 Å². The topological polar surface area (TPSA) is 101 Å². The maximum absolute atomic E-state index is 14.0. The van der Waals surface area contributed by atoms with Crippen LogP contribution in [-0.2, 0) is 19.6 Å². The van der Waals surface area contributed by atoms with Crippen molar-refractivity contribution in [2.75, 3.05) is 13.1 Å². The fourth-order valence-corrected chi connectivity index (χ4v) is 7.10. The second-order valence-corrected chi connectivity index (χ2v) is 12.0. The number of benzene rings is 1. The zero-order chi connectivity index (χ0) is 26.2. The monoisotopic (exact) mass is 518 g/mol. The maximum Gasteiger partial charge on any atom is 0.245 e. The molecule has 3 unspecified atom stereocenters. The third kappa shape index (κ3) is 4.81. The van der Waals surface area contributed by atoms with Gasteiger partial charge in [0.1, 0.15) is 10.9 Å². The van der Waals surface area contributed by atoms with E-state index in [0.717, 1.165) is 16.7 Å². The predicted octanol–water partition coefficient (Wildman–Crippen LogP) is 3.52. The van der Waals surface area contributed by atoms with Crippen molar-refractivity contribution >= 4 is 21.7 Å². The van der Waals surface area contributed by atoms with Gasteiger partial charge in [-0.25, -0.2) is 8.42 Å². The van der Waals surface area contributed by atoms with E-state index in [9.17, 15) is 18.0 Å². The molecule has 3 aromatic rings. The first-order valence-electron chi connectivity index (χ1n) is 12.5. The summed E-state index contributed by atoms with van der Waals surface area (Å²) in [6.45, 7) is 4.26. The number of sulfonamides is 1. The van der Waals surface area contributed by atoms with Crippen molar-refractivity contribution in [2.24, 2.45) is 5.92 Å². The van der Waals surface area contributed by atoms with Gasteiger partial charge in [-0.05, 0) is 59.7 Å². The standard InChI is InChI=1S/C28H30N4O4S/c1-19(2)15-24(22-6-3-5-21(16-22)20-8-12-29-13-9-20)28(34)31-14-10-25-27(31)26(33)18-32(25)37(35,36)23-7-4-11-30-17-23/h3-9,11-13,16-17,19,24-25,27H,10,14-15,18H2,1-2H3. The van der Waals surface area contributed by atoms with Crippen LogP contribution in [0.1, 0.15) is 38.2 Å². The van der Waals surface area contributed by atoms with Crippen molar-refractivity contribution in [1.82, 2.24) is 19.2 Å². The van der Waals surface area contributed by atoms with E-state index in [1.165, 1.54) is 22.8 Å². The van der Waals surface area contributed by atoms with E-state index in [-0.39, 0.29) is 29.0 Å². The van der Waals surface area contributed by atoms with Gasteiger partial charge in [-0.1, -0.05) is 38.1 Å². The summed E-state index contributed by atoms with van der Waals surface area (Å²) >= 11 is 0. The minimum atomic E-state index is -3.90. The molecule has 0 bridgehead atoms. The van der Waals surface area contributed by atoms with Crippen LogP contribution in [0.3, 0.4) is 0 Å². The van der Waals surface area contributed by atoms with Crippen LogP contribution >= 0.6 is 0 Å². The van der Waals surface area contributed by atoms with Gasteiger partial charge in [-0.15, -0.1) is 0 Å². The quantitative estimate of drug-likeness (QED) is 0.475. The molecule has 0 aliphatic carbocycles. The number of amides is 1. The van der Waals surface area contributed by atoms with Crippen LogP contribution in [0, 0.1) is 5.92 Å². The Morgan fingerprint density at radius 3 is 2.51 bits per heavy atom. The first-order valence-corrected chi connectivity index (χ1v) is 14.0. The molecule has 4 heterocycles. The Kier molecular flexibility index (Phi) is 6.92. The zero-order valence-electron chi connectivity index (χ0n) is 20.9. The van der Waals surface area contributed by atoms with Crippen LogP contribution in [-0.4, -0.2) is 64.5 Å². The van der Waals surface area contributed by atoms with Crippen LogP contribution in [0.15, 0.2) is 78.2 Å². The smallest absolute Gasteiger partial charge is 0.245 e. The molecular weight excluding hydrogens is 488 g/mol. The number of aromatic nitrogens is 2. The van der Waals surface area contributed by atoms with E-state index in [4.69, 9.17) is 0 Å². The largest absolute Gasteiger partial charge is 0.330 e. The normalized spacial score (nSPS) is 20.8. The first kappa shape index (κ1) is 25.2. The number of rotatable bonds is 7. The maximum atomic E-state index is 14.0. The molecule has 2 aliphatic rings. The Balaban J connectivity index is 1.44. The molecule has 9 heteroatoms. The van der Waals surface area contributed by atoms with Crippen molar-refractivity contribution < 1.29 is 18.0 Å². The van der Waals surface area contributed by atoms with E-state index in [0.29, 0.717) is 19.4 Å². The van der Waals surface area contributed by atoms with Gasteiger partial charge in [-0.2, -0.15) is 4.31 Å². The molecule has 0 saturated carbocycles. The number of pyridine rings is 2. The van der Waals surface area contributed by atoms with Crippen molar-refractivity contribution in [2.45, 2.75) is 49.6 Å². The molecule has 2 saturated heterocycles. The highest BCUT2D eigenvalue weighted by molar-refractivity contribution is 7.89. The van der Waals surface area contributed by atoms with E-state index in [1.807, 2.05) is 36.4 Å². The van der Waals surface area contributed by atoms with Gasteiger partial charge in [0.25, 0.3) is 0 Å². The summed E-state index contributed by atoms with van der Waals surface area (Å²) < 4.78 is 27.9. The minimum absolute atomic E-state index is 0.0545. The van der Waals surface area contributed by atoms with Gasteiger partial charge < -0.3 is 4.90 Å². The Hall–Kier alpha value is -3.43. The number of nitrogens with zero attached hydrogens (tertiary/aromatic N) is 4. The number of likely N-dealkylation sites (tertiary alicyclic amines) is 1. The van der Waals surface area contributed by atoms with Gasteiger partial charge in [-0.3, -0.25) is 19.6 Å². The number of fused-ring (bicyclic) bond motifs is 1. The highest BCUT2D eigenvalue weighted by Gasteiger charge is 2.54. The van der Waals surface area contributed by atoms with E-state index >= 15 is 0 Å². The molecule has 192 valence electrons. The highest BCUT2D eigenvalue weighted by Crippen LogP contribution is 2.37. The summed E-state index contributed by atoms with van der Waals surface area (Å²) in [6, 6.07) is 13.5. The summed E-state index contributed by atoms with van der Waals surface area (Å²) in [7, 11) is -3.90. The lowest BCUT2D eigenvalue weighted by atomic mass is 9.87. The summed E-state index contributed by atoms with van der Waals surface area (Å²) in [5.41, 5.74) is 2.89. The molecule has 0 N–H and O–H groups in total. The number of hydrogen-bond donors (Lipinski definition) is 0. The van der Waals surface area contributed by atoms with Crippen molar-refractivity contribution in [3.05, 3.63) is 78.9 Å². The summed E-state index contributed by atoms with van der Waals surface area (Å²) in [4.78, 5) is 36.9. The van der Waals surface area contributed by atoms with Gasteiger partial charge in [0.15, 0.2) is 5.78 Å². The second kappa shape index (κ2) is 10.1.